The molecule has 2 aromatic rings. The fourth-order valence-electron chi connectivity index (χ4n) is 3.17. The van der Waals surface area contributed by atoms with Crippen molar-refractivity contribution in [1.29, 1.82) is 0 Å². The molecule has 0 aliphatic carbocycles. The van der Waals surface area contributed by atoms with Gasteiger partial charge in [-0.3, -0.25) is 9.59 Å². The number of nitrogens with zero attached hydrogens (tertiary/aromatic N) is 2. The summed E-state index contributed by atoms with van der Waals surface area (Å²) in [7, 11) is 3.72. The highest BCUT2D eigenvalue weighted by Gasteiger charge is 2.45. The third-order valence-electron chi connectivity index (χ3n) is 4.63. The molecule has 0 saturated carbocycles. The van der Waals surface area contributed by atoms with Crippen LogP contribution in [0.4, 0.5) is 4.39 Å². The van der Waals surface area contributed by atoms with Gasteiger partial charge in [-0.2, -0.15) is 0 Å². The molecule has 1 heterocycles. The van der Waals surface area contributed by atoms with Gasteiger partial charge >= 0.3 is 0 Å². The molecule has 1 saturated heterocycles. The minimum atomic E-state index is -0.795. The highest BCUT2D eigenvalue weighted by atomic mass is 35.5. The van der Waals surface area contributed by atoms with E-state index in [0.717, 1.165) is 0 Å². The van der Waals surface area contributed by atoms with Crippen LogP contribution in [0.3, 0.4) is 0 Å². The highest BCUT2D eigenvalue weighted by molar-refractivity contribution is 6.46. The summed E-state index contributed by atoms with van der Waals surface area (Å²) < 4.78 is 13.4. The molecule has 1 amide bonds. The number of hydrogen-bond donors (Lipinski definition) is 1. The number of hydrogen-bond acceptors (Lipinski definition) is 4. The number of benzene rings is 2. The SMILES string of the molecule is CN(C)CCN1C(=O)C(=O)/C(=C(/O)c2ccc(Cl)cc2)[C@@H]1c1ccc(F)cc1. The number of aliphatic hydroxyl groups is 1. The Morgan fingerprint density at radius 3 is 2.29 bits per heavy atom. The van der Waals surface area contributed by atoms with Gasteiger partial charge in [0.2, 0.25) is 0 Å². The van der Waals surface area contributed by atoms with Crippen molar-refractivity contribution in [3.8, 4) is 0 Å². The van der Waals surface area contributed by atoms with Crippen LogP contribution in [0.25, 0.3) is 5.76 Å². The normalized spacial score (nSPS) is 18.9. The fraction of sp³-hybridized carbons (Fsp3) is 0.238. The highest BCUT2D eigenvalue weighted by Crippen LogP contribution is 2.39. The van der Waals surface area contributed by atoms with Crippen LogP contribution < -0.4 is 0 Å². The van der Waals surface area contributed by atoms with E-state index in [2.05, 4.69) is 0 Å². The van der Waals surface area contributed by atoms with Gasteiger partial charge in [-0.1, -0.05) is 23.7 Å². The first-order valence-electron chi connectivity index (χ1n) is 8.74. The molecule has 1 aliphatic heterocycles. The van der Waals surface area contributed by atoms with Crippen molar-refractivity contribution in [2.24, 2.45) is 0 Å². The molecule has 0 bridgehead atoms. The summed E-state index contributed by atoms with van der Waals surface area (Å²) in [6.07, 6.45) is 0. The van der Waals surface area contributed by atoms with Crippen LogP contribution in [0.15, 0.2) is 54.1 Å². The Morgan fingerprint density at radius 2 is 1.71 bits per heavy atom. The average molecular weight is 403 g/mol. The number of likely N-dealkylation sites (tertiary alicyclic amines) is 1. The number of rotatable bonds is 5. The van der Waals surface area contributed by atoms with E-state index >= 15 is 0 Å². The quantitative estimate of drug-likeness (QED) is 0.472. The van der Waals surface area contributed by atoms with E-state index in [9.17, 15) is 19.1 Å². The molecule has 2 aromatic carbocycles. The molecule has 0 aromatic heterocycles. The van der Waals surface area contributed by atoms with Crippen LogP contribution in [0.2, 0.25) is 5.02 Å². The first-order chi connectivity index (χ1) is 13.3. The largest absolute Gasteiger partial charge is 0.507 e. The fourth-order valence-corrected chi connectivity index (χ4v) is 3.30. The Hall–Kier alpha value is -2.70. The van der Waals surface area contributed by atoms with Gasteiger partial charge in [-0.25, -0.2) is 4.39 Å². The molecule has 7 heteroatoms. The summed E-state index contributed by atoms with van der Waals surface area (Å²) in [5.41, 5.74) is 0.912. The van der Waals surface area contributed by atoms with Gasteiger partial charge in [0.05, 0.1) is 11.6 Å². The summed E-state index contributed by atoms with van der Waals surface area (Å²) in [6, 6.07) is 11.1. The lowest BCUT2D eigenvalue weighted by atomic mass is 9.95. The number of aliphatic hydroxyl groups excluding tert-OH is 1. The Bertz CT molecular complexity index is 924. The number of likely N-dealkylation sites (N-methyl/N-ethyl adjacent to an activating group) is 1. The van der Waals surface area contributed by atoms with Crippen molar-refractivity contribution in [3.05, 3.63) is 76.1 Å². The van der Waals surface area contributed by atoms with Crippen molar-refractivity contribution in [3.63, 3.8) is 0 Å². The van der Waals surface area contributed by atoms with Gasteiger partial charge in [-0.15, -0.1) is 0 Å². The molecule has 28 heavy (non-hydrogen) atoms. The van der Waals surface area contributed by atoms with E-state index < -0.39 is 23.5 Å². The predicted molar refractivity (Wildman–Crippen MR) is 105 cm³/mol. The van der Waals surface area contributed by atoms with Crippen LogP contribution >= 0.6 is 11.6 Å². The van der Waals surface area contributed by atoms with Crippen LogP contribution in [0.1, 0.15) is 17.2 Å². The molecule has 5 nitrogen and oxygen atoms in total. The van der Waals surface area contributed by atoms with Gasteiger partial charge in [0.15, 0.2) is 0 Å². The molecule has 0 unspecified atom stereocenters. The first-order valence-corrected chi connectivity index (χ1v) is 9.12. The Labute approximate surface area is 167 Å². The lowest BCUT2D eigenvalue weighted by molar-refractivity contribution is -0.140. The summed E-state index contributed by atoms with van der Waals surface area (Å²) in [5.74, 6) is -2.16. The van der Waals surface area contributed by atoms with Gasteiger partial charge in [0.25, 0.3) is 11.7 Å². The summed E-state index contributed by atoms with van der Waals surface area (Å²) in [6.45, 7) is 0.822. The maximum Gasteiger partial charge on any atom is 0.295 e. The summed E-state index contributed by atoms with van der Waals surface area (Å²) >= 11 is 5.89. The van der Waals surface area contributed by atoms with E-state index in [1.165, 1.54) is 29.2 Å². The molecule has 3 rings (SSSR count). The maximum atomic E-state index is 13.4. The molecule has 1 N–H and O–H groups in total. The lowest BCUT2D eigenvalue weighted by Crippen LogP contribution is -2.35. The number of Topliss-reactive ketones (excluding diaryl/α,β-unsaturated/α-hetero) is 1. The third-order valence-corrected chi connectivity index (χ3v) is 4.88. The Balaban J connectivity index is 2.13. The van der Waals surface area contributed by atoms with E-state index in [1.54, 1.807) is 24.3 Å². The van der Waals surface area contributed by atoms with E-state index in [-0.39, 0.29) is 17.9 Å². The van der Waals surface area contributed by atoms with Gasteiger partial charge in [-0.05, 0) is 56.1 Å². The van der Waals surface area contributed by atoms with Crippen molar-refractivity contribution in [2.45, 2.75) is 6.04 Å². The zero-order chi connectivity index (χ0) is 20.4. The van der Waals surface area contributed by atoms with Crippen molar-refractivity contribution < 1.29 is 19.1 Å². The van der Waals surface area contributed by atoms with Gasteiger partial charge < -0.3 is 14.9 Å². The zero-order valence-corrected chi connectivity index (χ0v) is 16.3. The van der Waals surface area contributed by atoms with Crippen molar-refractivity contribution in [1.82, 2.24) is 9.80 Å². The third kappa shape index (κ3) is 3.93. The van der Waals surface area contributed by atoms with E-state index in [1.807, 2.05) is 19.0 Å². The second kappa shape index (κ2) is 8.12. The maximum absolute atomic E-state index is 13.4. The van der Waals surface area contributed by atoms with Crippen molar-refractivity contribution in [2.75, 3.05) is 27.2 Å². The second-order valence-corrected chi connectivity index (χ2v) is 7.29. The standard InChI is InChI=1S/C21H20ClFN2O3/c1-24(2)11-12-25-18(13-5-9-16(23)10-6-13)17(20(27)21(25)28)19(26)14-3-7-15(22)8-4-14/h3-10,18,26H,11-12H2,1-2H3/b19-17+/t18-/m0/s1. The average Bonchev–Trinajstić information content (AvgIpc) is 2.91. The molecule has 0 radical (unpaired) electrons. The first kappa shape index (κ1) is 20.0. The second-order valence-electron chi connectivity index (χ2n) is 6.85. The zero-order valence-electron chi connectivity index (χ0n) is 15.5. The molecule has 1 fully saturated rings. The number of carbonyl (C=O) groups is 2. The lowest BCUT2D eigenvalue weighted by Gasteiger charge is -2.26. The molecule has 146 valence electrons. The van der Waals surface area contributed by atoms with Gasteiger partial charge in [0, 0.05) is 23.7 Å². The van der Waals surface area contributed by atoms with Crippen LogP contribution in [-0.4, -0.2) is 53.8 Å². The minimum Gasteiger partial charge on any atom is -0.507 e. The van der Waals surface area contributed by atoms with E-state index in [4.69, 9.17) is 11.6 Å². The molecule has 1 atom stereocenters. The number of amides is 1. The smallest absolute Gasteiger partial charge is 0.295 e. The van der Waals surface area contributed by atoms with Crippen LogP contribution in [0, 0.1) is 5.82 Å². The molecule has 1 aliphatic rings. The Kier molecular flexibility index (Phi) is 5.82. The van der Waals surface area contributed by atoms with Crippen LogP contribution in [0.5, 0.6) is 0 Å². The summed E-state index contributed by atoms with van der Waals surface area (Å²) in [4.78, 5) is 28.8. The van der Waals surface area contributed by atoms with Crippen molar-refractivity contribution >= 4 is 29.1 Å². The Morgan fingerprint density at radius 1 is 1.11 bits per heavy atom. The topological polar surface area (TPSA) is 60.9 Å². The number of carbonyl (C=O) groups excluding carboxylic acids is 2. The number of ketones is 1. The molecule has 0 spiro atoms. The van der Waals surface area contributed by atoms with E-state index in [0.29, 0.717) is 22.7 Å². The monoisotopic (exact) mass is 402 g/mol. The van der Waals surface area contributed by atoms with Crippen LogP contribution in [-0.2, 0) is 9.59 Å². The number of halogens is 2. The predicted octanol–water partition coefficient (Wildman–Crippen LogP) is 3.46. The molecular formula is C21H20ClFN2O3. The van der Waals surface area contributed by atoms with Gasteiger partial charge in [0.1, 0.15) is 11.6 Å². The molecular weight excluding hydrogens is 383 g/mol. The summed E-state index contributed by atoms with van der Waals surface area (Å²) in [5, 5.41) is 11.3. The minimum absolute atomic E-state index is 0.0160.